The van der Waals surface area contributed by atoms with Gasteiger partial charge in [0.15, 0.2) is 10.7 Å². The number of imidazole rings is 1. The largest absolute Gasteiger partial charge is 0.337 e. The summed E-state index contributed by atoms with van der Waals surface area (Å²) in [6.07, 6.45) is 8.68. The molecule has 1 aliphatic heterocycles. The lowest BCUT2D eigenvalue weighted by Gasteiger charge is -2.27. The molecular weight excluding hydrogens is 360 g/mol. The molecule has 0 bridgehead atoms. The number of nitrogens with zero attached hydrogens (tertiary/aromatic N) is 6. The number of fused-ring (bicyclic) bond motifs is 1. The highest BCUT2D eigenvalue weighted by molar-refractivity contribution is 7.15. The summed E-state index contributed by atoms with van der Waals surface area (Å²) in [5.41, 5.74) is 2.50. The molecule has 0 radical (unpaired) electrons. The van der Waals surface area contributed by atoms with Crippen molar-refractivity contribution in [2.24, 2.45) is 0 Å². The third kappa shape index (κ3) is 3.59. The Balaban J connectivity index is 1.62. The Morgan fingerprint density at radius 3 is 2.89 bits per heavy atom. The van der Waals surface area contributed by atoms with Crippen molar-refractivity contribution < 1.29 is 4.79 Å². The number of aromatic nitrogens is 4. The lowest BCUT2D eigenvalue weighted by Crippen LogP contribution is -2.36. The van der Waals surface area contributed by atoms with E-state index < -0.39 is 0 Å². The lowest BCUT2D eigenvalue weighted by atomic mass is 10.1. The van der Waals surface area contributed by atoms with Gasteiger partial charge in [-0.25, -0.2) is 15.0 Å². The van der Waals surface area contributed by atoms with Gasteiger partial charge in [0.2, 0.25) is 0 Å². The summed E-state index contributed by atoms with van der Waals surface area (Å²) in [6, 6.07) is 2.03. The van der Waals surface area contributed by atoms with Gasteiger partial charge in [-0.2, -0.15) is 0 Å². The molecule has 0 saturated carbocycles. The number of hydrogen-bond acceptors (Lipinski definition) is 6. The molecule has 0 spiro atoms. The summed E-state index contributed by atoms with van der Waals surface area (Å²) in [5, 5.41) is 2.01. The van der Waals surface area contributed by atoms with Gasteiger partial charge < -0.3 is 4.90 Å². The van der Waals surface area contributed by atoms with Gasteiger partial charge in [-0.3, -0.25) is 14.1 Å². The molecule has 3 aromatic heterocycles. The monoisotopic (exact) mass is 384 g/mol. The minimum absolute atomic E-state index is 0.0590. The number of hydrogen-bond donors (Lipinski definition) is 0. The van der Waals surface area contributed by atoms with E-state index in [0.29, 0.717) is 12.2 Å². The van der Waals surface area contributed by atoms with Crippen molar-refractivity contribution in [3.8, 4) is 0 Å². The summed E-state index contributed by atoms with van der Waals surface area (Å²) >= 11 is 1.56. The van der Waals surface area contributed by atoms with Gasteiger partial charge >= 0.3 is 0 Å². The minimum Gasteiger partial charge on any atom is -0.337 e. The third-order valence-corrected chi connectivity index (χ3v) is 6.06. The number of thiazole rings is 1. The molecule has 4 rings (SSSR count). The molecule has 0 aromatic carbocycles. The molecule has 3 aromatic rings. The molecule has 1 aliphatic rings. The van der Waals surface area contributed by atoms with Crippen LogP contribution >= 0.6 is 11.3 Å². The molecule has 0 unspecified atom stereocenters. The average Bonchev–Trinajstić information content (AvgIpc) is 3.31. The third-order valence-electron chi connectivity index (χ3n) is 5.30. The van der Waals surface area contributed by atoms with Crippen LogP contribution in [0.2, 0.25) is 0 Å². The Kier molecular flexibility index (Phi) is 5.18. The number of carbonyl (C=O) groups is 1. The van der Waals surface area contributed by atoms with Crippen LogP contribution in [0.25, 0.3) is 4.96 Å². The van der Waals surface area contributed by atoms with Crippen molar-refractivity contribution in [3.63, 3.8) is 0 Å². The van der Waals surface area contributed by atoms with E-state index in [4.69, 9.17) is 0 Å². The van der Waals surface area contributed by atoms with Crippen LogP contribution in [0.5, 0.6) is 0 Å². The second-order valence-corrected chi connectivity index (χ2v) is 7.91. The first-order valence-corrected chi connectivity index (χ1v) is 10.2. The molecule has 8 heteroatoms. The van der Waals surface area contributed by atoms with E-state index in [1.165, 1.54) is 6.42 Å². The van der Waals surface area contributed by atoms with E-state index in [9.17, 15) is 4.79 Å². The van der Waals surface area contributed by atoms with Crippen LogP contribution in [0.4, 0.5) is 0 Å². The number of rotatable bonds is 5. The van der Waals surface area contributed by atoms with E-state index >= 15 is 0 Å². The Labute approximate surface area is 162 Å². The molecule has 142 valence electrons. The van der Waals surface area contributed by atoms with Crippen LogP contribution < -0.4 is 0 Å². The van der Waals surface area contributed by atoms with E-state index in [-0.39, 0.29) is 11.9 Å². The first-order chi connectivity index (χ1) is 13.1. The second kappa shape index (κ2) is 7.74. The van der Waals surface area contributed by atoms with Crippen LogP contribution in [-0.2, 0) is 6.54 Å². The van der Waals surface area contributed by atoms with Gasteiger partial charge in [0.05, 0.1) is 11.4 Å². The van der Waals surface area contributed by atoms with Crippen molar-refractivity contribution in [1.82, 2.24) is 29.2 Å². The zero-order valence-corrected chi connectivity index (χ0v) is 16.5. The molecule has 1 atom stereocenters. The van der Waals surface area contributed by atoms with Crippen molar-refractivity contribution in [2.75, 3.05) is 20.1 Å². The molecule has 1 amide bonds. The SMILES string of the molecule is C[C@@H](c1ccncn1)N(C)Cc1c(C(=O)N2CCCCC2)nc2sccn12. The molecule has 7 nitrogen and oxygen atoms in total. The highest BCUT2D eigenvalue weighted by Gasteiger charge is 2.27. The van der Waals surface area contributed by atoms with E-state index in [1.807, 2.05) is 34.0 Å². The maximum atomic E-state index is 13.1. The van der Waals surface area contributed by atoms with E-state index in [0.717, 1.165) is 42.3 Å². The molecule has 0 aliphatic carbocycles. The van der Waals surface area contributed by atoms with Crippen molar-refractivity contribution in [3.05, 3.63) is 47.2 Å². The highest BCUT2D eigenvalue weighted by Crippen LogP contribution is 2.24. The van der Waals surface area contributed by atoms with Crippen LogP contribution in [0, 0.1) is 0 Å². The van der Waals surface area contributed by atoms with E-state index in [2.05, 4.69) is 26.8 Å². The van der Waals surface area contributed by atoms with Gasteiger partial charge in [0.25, 0.3) is 5.91 Å². The first kappa shape index (κ1) is 18.1. The first-order valence-electron chi connectivity index (χ1n) is 9.35. The molecule has 27 heavy (non-hydrogen) atoms. The number of likely N-dealkylation sites (tertiary alicyclic amines) is 1. The Hall–Kier alpha value is -2.32. The summed E-state index contributed by atoms with van der Waals surface area (Å²) in [4.78, 5) is 31.2. The summed E-state index contributed by atoms with van der Waals surface area (Å²) in [5.74, 6) is 0.0590. The fraction of sp³-hybridized carbons (Fsp3) is 0.474. The lowest BCUT2D eigenvalue weighted by molar-refractivity contribution is 0.0716. The van der Waals surface area contributed by atoms with Gasteiger partial charge in [-0.15, -0.1) is 11.3 Å². The summed E-state index contributed by atoms with van der Waals surface area (Å²) in [7, 11) is 2.05. The van der Waals surface area contributed by atoms with E-state index in [1.54, 1.807) is 23.9 Å². The van der Waals surface area contributed by atoms with Gasteiger partial charge in [-0.05, 0) is 39.3 Å². The van der Waals surface area contributed by atoms with Crippen LogP contribution in [0.3, 0.4) is 0 Å². The highest BCUT2D eigenvalue weighted by atomic mass is 32.1. The van der Waals surface area contributed by atoms with Gasteiger partial charge in [-0.1, -0.05) is 0 Å². The Morgan fingerprint density at radius 2 is 2.15 bits per heavy atom. The topological polar surface area (TPSA) is 66.6 Å². The number of amides is 1. The Morgan fingerprint density at radius 1 is 1.33 bits per heavy atom. The van der Waals surface area contributed by atoms with Crippen LogP contribution in [-0.4, -0.2) is 55.2 Å². The molecule has 1 saturated heterocycles. The molecule has 1 fully saturated rings. The zero-order chi connectivity index (χ0) is 18.8. The maximum absolute atomic E-state index is 13.1. The zero-order valence-electron chi connectivity index (χ0n) is 15.7. The summed E-state index contributed by atoms with van der Waals surface area (Å²) < 4.78 is 2.05. The van der Waals surface area contributed by atoms with Crippen LogP contribution in [0.15, 0.2) is 30.2 Å². The number of carbonyl (C=O) groups excluding carboxylic acids is 1. The van der Waals surface area contributed by atoms with Crippen molar-refractivity contribution >= 4 is 22.2 Å². The normalized spacial score (nSPS) is 16.2. The minimum atomic E-state index is 0.0590. The molecular formula is C19H24N6OS. The number of piperidine rings is 1. The fourth-order valence-electron chi connectivity index (χ4n) is 3.55. The van der Waals surface area contributed by atoms with Crippen molar-refractivity contribution in [1.29, 1.82) is 0 Å². The standard InChI is InChI=1S/C19H24N6OS/c1-14(15-6-7-20-13-21-15)23(2)12-16-17(22-19-25(16)10-11-27-19)18(26)24-8-4-3-5-9-24/h6-7,10-11,13-14H,3-5,8-9,12H2,1-2H3/t14-/m0/s1. The van der Waals surface area contributed by atoms with Gasteiger partial charge in [0, 0.05) is 43.4 Å². The fourth-order valence-corrected chi connectivity index (χ4v) is 4.28. The quantitative estimate of drug-likeness (QED) is 0.676. The molecule has 0 N–H and O–H groups in total. The predicted molar refractivity (Wildman–Crippen MR) is 105 cm³/mol. The van der Waals surface area contributed by atoms with Gasteiger partial charge in [0.1, 0.15) is 6.33 Å². The maximum Gasteiger partial charge on any atom is 0.274 e. The average molecular weight is 385 g/mol. The second-order valence-electron chi connectivity index (χ2n) is 7.04. The smallest absolute Gasteiger partial charge is 0.274 e. The molecule has 4 heterocycles. The predicted octanol–water partition coefficient (Wildman–Crippen LogP) is 3.00. The van der Waals surface area contributed by atoms with Crippen molar-refractivity contribution in [2.45, 2.75) is 38.8 Å². The Bertz CT molecular complexity index is 915. The summed E-state index contributed by atoms with van der Waals surface area (Å²) in [6.45, 7) is 4.39. The van der Waals surface area contributed by atoms with Crippen LogP contribution in [0.1, 0.15) is 54.1 Å².